The highest BCUT2D eigenvalue weighted by Crippen LogP contribution is 2.13. The standard InChI is InChI=1S/C23H47ClN2O3S/c1-3-5-6-7-8-9-10-11-12-13-14-15-16-17-18-19-20-25-23(27)26-30(28,29)21-22(24)4-2/h22H,3-21H2,1-2H3,(H2,25,26,27). The van der Waals surface area contributed by atoms with Gasteiger partial charge < -0.3 is 5.32 Å². The lowest BCUT2D eigenvalue weighted by Gasteiger charge is -2.10. The number of sulfonamides is 1. The average Bonchev–Trinajstić information content (AvgIpc) is 2.69. The normalized spacial score (nSPS) is 12.6. The molecule has 0 saturated heterocycles. The smallest absolute Gasteiger partial charge is 0.328 e. The van der Waals surface area contributed by atoms with Crippen LogP contribution in [0, 0.1) is 0 Å². The fraction of sp³-hybridized carbons (Fsp3) is 0.957. The molecule has 0 aliphatic heterocycles. The molecule has 0 aromatic rings. The minimum absolute atomic E-state index is 0.239. The second-order valence-corrected chi connectivity index (χ2v) is 10.8. The van der Waals surface area contributed by atoms with Gasteiger partial charge in [-0.1, -0.05) is 110 Å². The Morgan fingerprint density at radius 2 is 1.13 bits per heavy atom. The summed E-state index contributed by atoms with van der Waals surface area (Å²) in [4.78, 5) is 11.6. The molecule has 5 nitrogen and oxygen atoms in total. The highest BCUT2D eigenvalue weighted by atomic mass is 35.5. The van der Waals surface area contributed by atoms with E-state index in [0.29, 0.717) is 13.0 Å². The lowest BCUT2D eigenvalue weighted by atomic mass is 10.0. The SMILES string of the molecule is CCCCCCCCCCCCCCCCCCNC(=O)NS(=O)(=O)CC(Cl)CC. The minimum Gasteiger partial charge on any atom is -0.337 e. The topological polar surface area (TPSA) is 75.3 Å². The number of carbonyl (C=O) groups excluding carboxylic acids is 1. The lowest BCUT2D eigenvalue weighted by molar-refractivity contribution is 0.245. The first-order chi connectivity index (χ1) is 14.4. The zero-order valence-corrected chi connectivity index (χ0v) is 21.1. The number of alkyl halides is 1. The van der Waals surface area contributed by atoms with Crippen LogP contribution in [-0.2, 0) is 10.0 Å². The number of hydrogen-bond donors (Lipinski definition) is 2. The zero-order valence-electron chi connectivity index (χ0n) is 19.5. The van der Waals surface area contributed by atoms with Crippen LogP contribution < -0.4 is 10.0 Å². The summed E-state index contributed by atoms with van der Waals surface area (Å²) in [5.74, 6) is -0.239. The summed E-state index contributed by atoms with van der Waals surface area (Å²) >= 11 is 5.84. The first kappa shape index (κ1) is 29.5. The summed E-state index contributed by atoms with van der Waals surface area (Å²) in [7, 11) is -3.66. The van der Waals surface area contributed by atoms with Crippen LogP contribution in [0.1, 0.15) is 123 Å². The molecule has 0 heterocycles. The molecule has 0 rings (SSSR count). The van der Waals surface area contributed by atoms with Crippen molar-refractivity contribution in [3.05, 3.63) is 0 Å². The number of halogens is 1. The third-order valence-electron chi connectivity index (χ3n) is 5.41. The van der Waals surface area contributed by atoms with E-state index >= 15 is 0 Å². The molecule has 0 aromatic carbocycles. The third-order valence-corrected chi connectivity index (χ3v) is 7.39. The maximum Gasteiger partial charge on any atom is 0.328 e. The Hall–Kier alpha value is -0.490. The molecule has 0 saturated carbocycles. The fourth-order valence-corrected chi connectivity index (χ4v) is 5.10. The van der Waals surface area contributed by atoms with E-state index < -0.39 is 21.4 Å². The van der Waals surface area contributed by atoms with E-state index in [0.717, 1.165) is 12.8 Å². The van der Waals surface area contributed by atoms with Crippen molar-refractivity contribution in [2.24, 2.45) is 0 Å². The number of nitrogens with one attached hydrogen (secondary N) is 2. The molecule has 0 aliphatic rings. The van der Waals surface area contributed by atoms with Crippen molar-refractivity contribution in [3.63, 3.8) is 0 Å². The quantitative estimate of drug-likeness (QED) is 0.143. The number of unbranched alkanes of at least 4 members (excludes halogenated alkanes) is 15. The molecule has 180 valence electrons. The van der Waals surface area contributed by atoms with Gasteiger partial charge >= 0.3 is 6.03 Å². The Bertz CT molecular complexity index is 501. The Morgan fingerprint density at radius 3 is 1.53 bits per heavy atom. The monoisotopic (exact) mass is 466 g/mol. The average molecular weight is 467 g/mol. The van der Waals surface area contributed by atoms with Crippen molar-refractivity contribution in [2.45, 2.75) is 128 Å². The fourth-order valence-electron chi connectivity index (χ4n) is 3.45. The Labute approximate surface area is 191 Å². The maximum atomic E-state index is 11.7. The van der Waals surface area contributed by atoms with E-state index in [4.69, 9.17) is 11.6 Å². The molecular formula is C23H47ClN2O3S. The molecule has 0 radical (unpaired) electrons. The summed E-state index contributed by atoms with van der Waals surface area (Å²) in [6.45, 7) is 4.57. The van der Waals surface area contributed by atoms with Gasteiger partial charge in [0, 0.05) is 11.9 Å². The van der Waals surface area contributed by atoms with Gasteiger partial charge in [-0.2, -0.15) is 0 Å². The van der Waals surface area contributed by atoms with Gasteiger partial charge in [0.05, 0.1) is 5.75 Å². The third kappa shape index (κ3) is 20.8. The number of rotatable bonds is 21. The molecule has 1 unspecified atom stereocenters. The van der Waals surface area contributed by atoms with Gasteiger partial charge in [-0.05, 0) is 12.8 Å². The summed E-state index contributed by atoms with van der Waals surface area (Å²) in [5.41, 5.74) is 0. The first-order valence-corrected chi connectivity index (χ1v) is 14.4. The number of urea groups is 1. The van der Waals surface area contributed by atoms with E-state index in [1.165, 1.54) is 89.9 Å². The number of amides is 2. The van der Waals surface area contributed by atoms with Gasteiger partial charge in [-0.3, -0.25) is 0 Å². The van der Waals surface area contributed by atoms with Crippen LogP contribution in [0.2, 0.25) is 0 Å². The van der Waals surface area contributed by atoms with Crippen LogP contribution in [0.3, 0.4) is 0 Å². The van der Waals surface area contributed by atoms with Crippen LogP contribution in [-0.4, -0.2) is 32.1 Å². The molecule has 0 aromatic heterocycles. The van der Waals surface area contributed by atoms with Crippen LogP contribution in [0.25, 0.3) is 0 Å². The molecule has 7 heteroatoms. The van der Waals surface area contributed by atoms with Gasteiger partial charge in [0.1, 0.15) is 0 Å². The largest absolute Gasteiger partial charge is 0.337 e. The predicted molar refractivity (Wildman–Crippen MR) is 130 cm³/mol. The molecule has 1 atom stereocenters. The molecule has 0 aliphatic carbocycles. The summed E-state index contributed by atoms with van der Waals surface area (Å²) in [6, 6.07) is -0.657. The second-order valence-electron chi connectivity index (χ2n) is 8.45. The highest BCUT2D eigenvalue weighted by molar-refractivity contribution is 7.90. The summed E-state index contributed by atoms with van der Waals surface area (Å²) in [6.07, 6.45) is 21.4. The molecule has 0 fully saturated rings. The summed E-state index contributed by atoms with van der Waals surface area (Å²) in [5, 5.41) is 2.13. The Kier molecular flexibility index (Phi) is 20.1. The number of carbonyl (C=O) groups is 1. The van der Waals surface area contributed by atoms with E-state index in [9.17, 15) is 13.2 Å². The summed E-state index contributed by atoms with van der Waals surface area (Å²) < 4.78 is 25.5. The van der Waals surface area contributed by atoms with E-state index in [1.807, 2.05) is 11.6 Å². The van der Waals surface area contributed by atoms with E-state index in [-0.39, 0.29) is 5.75 Å². The predicted octanol–water partition coefficient (Wildman–Crippen LogP) is 6.89. The number of hydrogen-bond acceptors (Lipinski definition) is 3. The maximum absolute atomic E-state index is 11.7. The molecule has 2 amide bonds. The zero-order chi connectivity index (χ0) is 22.5. The van der Waals surface area contributed by atoms with E-state index in [1.54, 1.807) is 0 Å². The van der Waals surface area contributed by atoms with Crippen LogP contribution in [0.4, 0.5) is 4.79 Å². The van der Waals surface area contributed by atoms with Gasteiger partial charge in [-0.25, -0.2) is 17.9 Å². The van der Waals surface area contributed by atoms with Gasteiger partial charge in [0.2, 0.25) is 10.0 Å². The lowest BCUT2D eigenvalue weighted by Crippen LogP contribution is -2.42. The Balaban J connectivity index is 3.35. The van der Waals surface area contributed by atoms with Crippen LogP contribution >= 0.6 is 11.6 Å². The second kappa shape index (κ2) is 20.4. The molecule has 0 spiro atoms. The Morgan fingerprint density at radius 1 is 0.733 bits per heavy atom. The van der Waals surface area contributed by atoms with Gasteiger partial charge in [-0.15, -0.1) is 11.6 Å². The van der Waals surface area contributed by atoms with Crippen LogP contribution in [0.5, 0.6) is 0 Å². The molecule has 2 N–H and O–H groups in total. The van der Waals surface area contributed by atoms with Crippen LogP contribution in [0.15, 0.2) is 0 Å². The van der Waals surface area contributed by atoms with Crippen molar-refractivity contribution in [1.29, 1.82) is 0 Å². The molecule has 30 heavy (non-hydrogen) atoms. The minimum atomic E-state index is -3.66. The van der Waals surface area contributed by atoms with E-state index in [2.05, 4.69) is 12.2 Å². The van der Waals surface area contributed by atoms with Crippen molar-refractivity contribution in [1.82, 2.24) is 10.0 Å². The van der Waals surface area contributed by atoms with Crippen molar-refractivity contribution in [3.8, 4) is 0 Å². The highest BCUT2D eigenvalue weighted by Gasteiger charge is 2.18. The molecular weight excluding hydrogens is 420 g/mol. The van der Waals surface area contributed by atoms with Gasteiger partial charge in [0.15, 0.2) is 0 Å². The van der Waals surface area contributed by atoms with Crippen molar-refractivity contribution in [2.75, 3.05) is 12.3 Å². The molecule has 0 bridgehead atoms. The first-order valence-electron chi connectivity index (χ1n) is 12.3. The van der Waals surface area contributed by atoms with Gasteiger partial charge in [0.25, 0.3) is 0 Å². The van der Waals surface area contributed by atoms with Crippen molar-refractivity contribution >= 4 is 27.7 Å². The van der Waals surface area contributed by atoms with Crippen molar-refractivity contribution < 1.29 is 13.2 Å².